The summed E-state index contributed by atoms with van der Waals surface area (Å²) >= 11 is 0. The zero-order valence-electron chi connectivity index (χ0n) is 15.7. The third-order valence-electron chi connectivity index (χ3n) is 4.14. The van der Waals surface area contributed by atoms with Gasteiger partial charge in [0, 0.05) is 17.1 Å². The summed E-state index contributed by atoms with van der Waals surface area (Å²) in [6.07, 6.45) is 3.79. The van der Waals surface area contributed by atoms with Gasteiger partial charge in [-0.1, -0.05) is 19.4 Å². The summed E-state index contributed by atoms with van der Waals surface area (Å²) < 4.78 is 11.3. The van der Waals surface area contributed by atoms with Crippen LogP contribution in [0.1, 0.15) is 37.0 Å². The summed E-state index contributed by atoms with van der Waals surface area (Å²) in [6, 6.07) is 14.6. The Morgan fingerprint density at radius 3 is 2.78 bits per heavy atom. The summed E-state index contributed by atoms with van der Waals surface area (Å²) in [7, 11) is 0. The molecule has 5 heteroatoms. The molecule has 1 heterocycles. The lowest BCUT2D eigenvalue weighted by atomic mass is 10.1. The number of aromatic nitrogens is 1. The van der Waals surface area contributed by atoms with Crippen LogP contribution < -0.4 is 14.8 Å². The molecule has 0 spiro atoms. The molecular weight excluding hydrogens is 340 g/mol. The average Bonchev–Trinajstić information content (AvgIpc) is 2.70. The standard InChI is InChI=1S/C22H24N2O3/c1-3-5-14-27-20-12-11-19(18-10-7-13-23-21(18)20)24-22(25)16-8-6-9-17(15-16)26-4-2/h6-13,15H,3-5,14H2,1-2H3,(H,24,25). The van der Waals surface area contributed by atoms with Gasteiger partial charge in [0.15, 0.2) is 0 Å². The zero-order valence-corrected chi connectivity index (χ0v) is 15.7. The van der Waals surface area contributed by atoms with Crippen LogP contribution in [-0.4, -0.2) is 24.1 Å². The van der Waals surface area contributed by atoms with Crippen molar-refractivity contribution in [2.45, 2.75) is 26.7 Å². The van der Waals surface area contributed by atoms with E-state index in [1.165, 1.54) is 0 Å². The Balaban J connectivity index is 1.85. The van der Waals surface area contributed by atoms with Crippen LogP contribution in [0.5, 0.6) is 11.5 Å². The number of benzene rings is 2. The molecule has 27 heavy (non-hydrogen) atoms. The SMILES string of the molecule is CCCCOc1ccc(NC(=O)c2cccc(OCC)c2)c2cccnc12. The van der Waals surface area contributed by atoms with Gasteiger partial charge < -0.3 is 14.8 Å². The van der Waals surface area contributed by atoms with E-state index >= 15 is 0 Å². The number of carbonyl (C=O) groups is 1. The van der Waals surface area contributed by atoms with Crippen LogP contribution in [0.25, 0.3) is 10.9 Å². The Kier molecular flexibility index (Phi) is 6.26. The molecule has 0 bridgehead atoms. The van der Waals surface area contributed by atoms with Gasteiger partial charge in [0.25, 0.3) is 5.91 Å². The lowest BCUT2D eigenvalue weighted by Gasteiger charge is -2.13. The number of ether oxygens (including phenoxy) is 2. The Labute approximate surface area is 159 Å². The van der Waals surface area contributed by atoms with Crippen LogP contribution in [0, 0.1) is 0 Å². The molecule has 0 aliphatic carbocycles. The highest BCUT2D eigenvalue weighted by atomic mass is 16.5. The zero-order chi connectivity index (χ0) is 19.1. The summed E-state index contributed by atoms with van der Waals surface area (Å²) in [5.74, 6) is 1.22. The number of carbonyl (C=O) groups excluding carboxylic acids is 1. The number of nitrogens with zero attached hydrogens (tertiary/aromatic N) is 1. The summed E-state index contributed by atoms with van der Waals surface area (Å²) in [6.45, 7) is 5.24. The lowest BCUT2D eigenvalue weighted by molar-refractivity contribution is 0.102. The van der Waals surface area contributed by atoms with Crippen molar-refractivity contribution >= 4 is 22.5 Å². The largest absolute Gasteiger partial charge is 0.494 e. The Hall–Kier alpha value is -3.08. The summed E-state index contributed by atoms with van der Waals surface area (Å²) in [5.41, 5.74) is 1.99. The smallest absolute Gasteiger partial charge is 0.255 e. The van der Waals surface area contributed by atoms with E-state index in [1.807, 2.05) is 43.3 Å². The molecule has 3 rings (SSSR count). The van der Waals surface area contributed by atoms with E-state index in [4.69, 9.17) is 9.47 Å². The van der Waals surface area contributed by atoms with Crippen molar-refractivity contribution in [3.63, 3.8) is 0 Å². The van der Waals surface area contributed by atoms with E-state index in [0.29, 0.717) is 30.2 Å². The number of hydrogen-bond acceptors (Lipinski definition) is 4. The second-order valence-electron chi connectivity index (χ2n) is 6.13. The number of pyridine rings is 1. The number of unbranched alkanes of at least 4 members (excludes halogenated alkanes) is 1. The molecule has 1 aromatic heterocycles. The molecule has 2 aromatic carbocycles. The minimum absolute atomic E-state index is 0.193. The Bertz CT molecular complexity index is 924. The molecule has 3 aromatic rings. The minimum Gasteiger partial charge on any atom is -0.494 e. The number of anilines is 1. The maximum Gasteiger partial charge on any atom is 0.255 e. The normalized spacial score (nSPS) is 10.6. The molecule has 0 aliphatic heterocycles. The maximum atomic E-state index is 12.7. The predicted octanol–water partition coefficient (Wildman–Crippen LogP) is 5.06. The van der Waals surface area contributed by atoms with Gasteiger partial charge in [-0.25, -0.2) is 0 Å². The van der Waals surface area contributed by atoms with Gasteiger partial charge in [-0.15, -0.1) is 0 Å². The number of hydrogen-bond donors (Lipinski definition) is 1. The first-order valence-corrected chi connectivity index (χ1v) is 9.27. The van der Waals surface area contributed by atoms with Crippen LogP contribution >= 0.6 is 0 Å². The van der Waals surface area contributed by atoms with Crippen molar-refractivity contribution in [3.8, 4) is 11.5 Å². The molecule has 1 N–H and O–H groups in total. The van der Waals surface area contributed by atoms with Gasteiger partial charge in [0.05, 0.1) is 18.9 Å². The third kappa shape index (κ3) is 4.56. The lowest BCUT2D eigenvalue weighted by Crippen LogP contribution is -2.12. The van der Waals surface area contributed by atoms with Crippen molar-refractivity contribution < 1.29 is 14.3 Å². The van der Waals surface area contributed by atoms with Crippen LogP contribution in [-0.2, 0) is 0 Å². The topological polar surface area (TPSA) is 60.5 Å². The molecule has 0 unspecified atom stereocenters. The van der Waals surface area contributed by atoms with Gasteiger partial charge in [0.2, 0.25) is 0 Å². The molecule has 0 saturated carbocycles. The minimum atomic E-state index is -0.193. The third-order valence-corrected chi connectivity index (χ3v) is 4.14. The van der Waals surface area contributed by atoms with E-state index in [2.05, 4.69) is 17.2 Å². The molecular formula is C22H24N2O3. The first-order valence-electron chi connectivity index (χ1n) is 9.27. The molecule has 0 saturated heterocycles. The van der Waals surface area contributed by atoms with Crippen molar-refractivity contribution in [1.82, 2.24) is 4.98 Å². The van der Waals surface area contributed by atoms with E-state index in [9.17, 15) is 4.79 Å². The molecule has 0 radical (unpaired) electrons. The summed E-state index contributed by atoms with van der Waals surface area (Å²) in [4.78, 5) is 17.1. The van der Waals surface area contributed by atoms with E-state index in [0.717, 1.165) is 29.5 Å². The number of amides is 1. The van der Waals surface area contributed by atoms with Crippen molar-refractivity contribution in [1.29, 1.82) is 0 Å². The second-order valence-corrected chi connectivity index (χ2v) is 6.13. The first kappa shape index (κ1) is 18.7. The van der Waals surface area contributed by atoms with Crippen molar-refractivity contribution in [3.05, 3.63) is 60.3 Å². The van der Waals surface area contributed by atoms with Gasteiger partial charge in [-0.2, -0.15) is 0 Å². The highest BCUT2D eigenvalue weighted by molar-refractivity contribution is 6.09. The fourth-order valence-electron chi connectivity index (χ4n) is 2.79. The monoisotopic (exact) mass is 364 g/mol. The first-order chi connectivity index (χ1) is 13.2. The highest BCUT2D eigenvalue weighted by Gasteiger charge is 2.12. The van der Waals surface area contributed by atoms with Gasteiger partial charge in [-0.3, -0.25) is 9.78 Å². The van der Waals surface area contributed by atoms with Crippen LogP contribution in [0.4, 0.5) is 5.69 Å². The van der Waals surface area contributed by atoms with Gasteiger partial charge in [-0.05, 0) is 55.8 Å². The van der Waals surface area contributed by atoms with Crippen LogP contribution in [0.2, 0.25) is 0 Å². The summed E-state index contributed by atoms with van der Waals surface area (Å²) in [5, 5.41) is 3.82. The number of rotatable bonds is 8. The van der Waals surface area contributed by atoms with Crippen molar-refractivity contribution in [2.75, 3.05) is 18.5 Å². The molecule has 0 aliphatic rings. The quantitative estimate of drug-likeness (QED) is 0.567. The number of nitrogens with one attached hydrogen (secondary N) is 1. The molecule has 0 fully saturated rings. The van der Waals surface area contributed by atoms with Crippen molar-refractivity contribution in [2.24, 2.45) is 0 Å². The molecule has 0 atom stereocenters. The predicted molar refractivity (Wildman–Crippen MR) is 108 cm³/mol. The second kappa shape index (κ2) is 9.03. The van der Waals surface area contributed by atoms with Gasteiger partial charge >= 0.3 is 0 Å². The van der Waals surface area contributed by atoms with E-state index < -0.39 is 0 Å². The Morgan fingerprint density at radius 1 is 1.07 bits per heavy atom. The highest BCUT2D eigenvalue weighted by Crippen LogP contribution is 2.30. The molecule has 5 nitrogen and oxygen atoms in total. The average molecular weight is 364 g/mol. The van der Waals surface area contributed by atoms with Gasteiger partial charge in [0.1, 0.15) is 17.0 Å². The van der Waals surface area contributed by atoms with E-state index in [1.54, 1.807) is 18.3 Å². The fourth-order valence-corrected chi connectivity index (χ4v) is 2.79. The molecule has 1 amide bonds. The Morgan fingerprint density at radius 2 is 1.96 bits per heavy atom. The number of fused-ring (bicyclic) bond motifs is 1. The maximum absolute atomic E-state index is 12.7. The van der Waals surface area contributed by atoms with Crippen LogP contribution in [0.3, 0.4) is 0 Å². The van der Waals surface area contributed by atoms with E-state index in [-0.39, 0.29) is 5.91 Å². The fraction of sp³-hybridized carbons (Fsp3) is 0.273. The molecule has 140 valence electrons. The van der Waals surface area contributed by atoms with Crippen LogP contribution in [0.15, 0.2) is 54.7 Å².